The highest BCUT2D eigenvalue weighted by Crippen LogP contribution is 2.30. The third-order valence-corrected chi connectivity index (χ3v) is 3.45. The average Bonchev–Trinajstić information content (AvgIpc) is 2.95. The van der Waals surface area contributed by atoms with E-state index in [4.69, 9.17) is 4.74 Å². The van der Waals surface area contributed by atoms with Crippen LogP contribution >= 0.6 is 0 Å². The number of ether oxygens (including phenoxy) is 1. The molecule has 0 unspecified atom stereocenters. The number of fused-ring (bicyclic) bond motifs is 1. The molecule has 19 heavy (non-hydrogen) atoms. The molecule has 100 valence electrons. The molecule has 2 N–H and O–H groups in total. The van der Waals surface area contributed by atoms with Crippen molar-refractivity contribution in [3.8, 4) is 5.75 Å². The Morgan fingerprint density at radius 2 is 2.37 bits per heavy atom. The highest BCUT2D eigenvalue weighted by atomic mass is 16.5. The fourth-order valence-corrected chi connectivity index (χ4v) is 2.54. The number of anilines is 1. The quantitative estimate of drug-likeness (QED) is 0.883. The largest absolute Gasteiger partial charge is 0.492 e. The van der Waals surface area contributed by atoms with Gasteiger partial charge in [0, 0.05) is 29.9 Å². The van der Waals surface area contributed by atoms with Crippen molar-refractivity contribution in [2.45, 2.75) is 19.4 Å². The van der Waals surface area contributed by atoms with Gasteiger partial charge in [-0.1, -0.05) is 0 Å². The van der Waals surface area contributed by atoms with Crippen molar-refractivity contribution >= 4 is 16.6 Å². The SMILES string of the molecule is CCOc1ccc(N[C@H]2CCNC2)c2cccnc12. The van der Waals surface area contributed by atoms with Crippen molar-refractivity contribution in [1.82, 2.24) is 10.3 Å². The molecular formula is C15H19N3O. The summed E-state index contributed by atoms with van der Waals surface area (Å²) in [4.78, 5) is 4.45. The monoisotopic (exact) mass is 257 g/mol. The highest BCUT2D eigenvalue weighted by Gasteiger charge is 2.16. The molecule has 0 saturated carbocycles. The molecule has 4 nitrogen and oxygen atoms in total. The first-order valence-corrected chi connectivity index (χ1v) is 6.86. The summed E-state index contributed by atoms with van der Waals surface area (Å²) in [5.41, 5.74) is 2.07. The van der Waals surface area contributed by atoms with Crippen LogP contribution in [0.25, 0.3) is 10.9 Å². The lowest BCUT2D eigenvalue weighted by Gasteiger charge is -2.16. The van der Waals surface area contributed by atoms with Crippen molar-refractivity contribution in [3.05, 3.63) is 30.5 Å². The Morgan fingerprint density at radius 3 is 3.16 bits per heavy atom. The molecule has 0 aliphatic carbocycles. The standard InChI is InChI=1S/C15H19N3O/c1-2-19-14-6-5-13(18-11-7-9-16-10-11)12-4-3-8-17-15(12)14/h3-6,8,11,16,18H,2,7,9-10H2,1H3/t11-/m0/s1. The average molecular weight is 257 g/mol. The molecule has 1 atom stereocenters. The van der Waals surface area contributed by atoms with Crippen molar-refractivity contribution in [1.29, 1.82) is 0 Å². The van der Waals surface area contributed by atoms with Crippen LogP contribution < -0.4 is 15.4 Å². The maximum Gasteiger partial charge on any atom is 0.145 e. The predicted molar refractivity (Wildman–Crippen MR) is 77.8 cm³/mol. The fraction of sp³-hybridized carbons (Fsp3) is 0.400. The third-order valence-electron chi connectivity index (χ3n) is 3.45. The minimum atomic E-state index is 0.501. The first-order chi connectivity index (χ1) is 9.38. The van der Waals surface area contributed by atoms with Gasteiger partial charge >= 0.3 is 0 Å². The molecule has 1 aliphatic heterocycles. The number of rotatable bonds is 4. The fourth-order valence-electron chi connectivity index (χ4n) is 2.54. The molecule has 0 radical (unpaired) electrons. The molecule has 1 fully saturated rings. The van der Waals surface area contributed by atoms with Gasteiger partial charge in [-0.2, -0.15) is 0 Å². The van der Waals surface area contributed by atoms with E-state index >= 15 is 0 Å². The minimum absolute atomic E-state index is 0.501. The molecule has 0 amide bonds. The lowest BCUT2D eigenvalue weighted by atomic mass is 10.1. The lowest BCUT2D eigenvalue weighted by molar-refractivity contribution is 0.343. The molecule has 0 spiro atoms. The van der Waals surface area contributed by atoms with Crippen LogP contribution in [0.2, 0.25) is 0 Å². The first-order valence-electron chi connectivity index (χ1n) is 6.86. The number of pyridine rings is 1. The Morgan fingerprint density at radius 1 is 1.42 bits per heavy atom. The maximum absolute atomic E-state index is 5.64. The number of nitrogens with zero attached hydrogens (tertiary/aromatic N) is 1. The maximum atomic E-state index is 5.64. The van der Waals surface area contributed by atoms with E-state index in [0.29, 0.717) is 12.6 Å². The molecular weight excluding hydrogens is 238 g/mol. The van der Waals surface area contributed by atoms with Gasteiger partial charge in [0.05, 0.1) is 6.61 Å². The molecule has 1 aromatic heterocycles. The Bertz CT molecular complexity index is 564. The Balaban J connectivity index is 1.98. The van der Waals surface area contributed by atoms with Crippen LogP contribution in [0.15, 0.2) is 30.5 Å². The molecule has 0 bridgehead atoms. The van der Waals surface area contributed by atoms with Crippen LogP contribution in [-0.4, -0.2) is 30.7 Å². The van der Waals surface area contributed by atoms with Crippen molar-refractivity contribution < 1.29 is 4.74 Å². The molecule has 3 rings (SSSR count). The smallest absolute Gasteiger partial charge is 0.145 e. The summed E-state index contributed by atoms with van der Waals surface area (Å²) in [5, 5.41) is 8.09. The molecule has 1 aliphatic rings. The number of hydrogen-bond acceptors (Lipinski definition) is 4. The van der Waals surface area contributed by atoms with Gasteiger partial charge in [-0.15, -0.1) is 0 Å². The minimum Gasteiger partial charge on any atom is -0.492 e. The van der Waals surface area contributed by atoms with Gasteiger partial charge in [-0.3, -0.25) is 4.98 Å². The van der Waals surface area contributed by atoms with Gasteiger partial charge in [0.1, 0.15) is 11.3 Å². The Kier molecular flexibility index (Phi) is 3.51. The van der Waals surface area contributed by atoms with Crippen molar-refractivity contribution in [2.24, 2.45) is 0 Å². The van der Waals surface area contributed by atoms with Gasteiger partial charge in [0.2, 0.25) is 0 Å². The van der Waals surface area contributed by atoms with Crippen molar-refractivity contribution in [2.75, 3.05) is 25.0 Å². The van der Waals surface area contributed by atoms with Crippen LogP contribution in [0.4, 0.5) is 5.69 Å². The normalized spacial score (nSPS) is 18.7. The first kappa shape index (κ1) is 12.2. The van der Waals surface area contributed by atoms with E-state index in [9.17, 15) is 0 Å². The molecule has 4 heteroatoms. The zero-order valence-electron chi connectivity index (χ0n) is 11.1. The van der Waals surface area contributed by atoms with Gasteiger partial charge in [-0.25, -0.2) is 0 Å². The summed E-state index contributed by atoms with van der Waals surface area (Å²) < 4.78 is 5.64. The summed E-state index contributed by atoms with van der Waals surface area (Å²) >= 11 is 0. The zero-order valence-corrected chi connectivity index (χ0v) is 11.1. The summed E-state index contributed by atoms with van der Waals surface area (Å²) in [6, 6.07) is 8.66. The second-order valence-electron chi connectivity index (χ2n) is 4.78. The number of hydrogen-bond donors (Lipinski definition) is 2. The summed E-state index contributed by atoms with van der Waals surface area (Å²) in [7, 11) is 0. The van der Waals surface area contributed by atoms with E-state index in [1.54, 1.807) is 0 Å². The van der Waals surface area contributed by atoms with Crippen LogP contribution in [0.1, 0.15) is 13.3 Å². The third kappa shape index (κ3) is 2.49. The molecule has 2 aromatic rings. The topological polar surface area (TPSA) is 46.2 Å². The van der Waals surface area contributed by atoms with Gasteiger partial charge in [0.15, 0.2) is 0 Å². The van der Waals surface area contributed by atoms with Crippen LogP contribution in [0, 0.1) is 0 Å². The van der Waals surface area contributed by atoms with Crippen molar-refractivity contribution in [3.63, 3.8) is 0 Å². The Labute approximate surface area is 113 Å². The lowest BCUT2D eigenvalue weighted by Crippen LogP contribution is -2.22. The number of nitrogens with one attached hydrogen (secondary N) is 2. The van der Waals surface area contributed by atoms with Crippen LogP contribution in [0.3, 0.4) is 0 Å². The number of aromatic nitrogens is 1. The number of benzene rings is 1. The van der Waals surface area contributed by atoms with E-state index in [-0.39, 0.29) is 0 Å². The second-order valence-corrected chi connectivity index (χ2v) is 4.78. The van der Waals surface area contributed by atoms with E-state index in [2.05, 4.69) is 27.8 Å². The predicted octanol–water partition coefficient (Wildman–Crippen LogP) is 2.41. The Hall–Kier alpha value is -1.81. The zero-order chi connectivity index (χ0) is 13.1. The summed E-state index contributed by atoms with van der Waals surface area (Å²) in [6.45, 7) is 4.76. The molecule has 2 heterocycles. The molecule has 1 saturated heterocycles. The van der Waals surface area contributed by atoms with Gasteiger partial charge < -0.3 is 15.4 Å². The van der Waals surface area contributed by atoms with Crippen LogP contribution in [-0.2, 0) is 0 Å². The van der Waals surface area contributed by atoms with E-state index in [0.717, 1.165) is 41.9 Å². The molecule has 1 aromatic carbocycles. The van der Waals surface area contributed by atoms with Gasteiger partial charge in [-0.05, 0) is 44.2 Å². The van der Waals surface area contributed by atoms with E-state index < -0.39 is 0 Å². The van der Waals surface area contributed by atoms with E-state index in [1.807, 2.05) is 25.3 Å². The van der Waals surface area contributed by atoms with Crippen LogP contribution in [0.5, 0.6) is 5.75 Å². The second kappa shape index (κ2) is 5.45. The highest BCUT2D eigenvalue weighted by molar-refractivity contribution is 5.95. The summed E-state index contributed by atoms with van der Waals surface area (Å²) in [6.07, 6.45) is 2.97. The van der Waals surface area contributed by atoms with E-state index in [1.165, 1.54) is 0 Å². The van der Waals surface area contributed by atoms with Gasteiger partial charge in [0.25, 0.3) is 0 Å². The summed E-state index contributed by atoms with van der Waals surface area (Å²) in [5.74, 6) is 0.855.